The van der Waals surface area contributed by atoms with Crippen LogP contribution in [0, 0.1) is 5.92 Å². The molecule has 116 valence electrons. The molecule has 6 nitrogen and oxygen atoms in total. The lowest BCUT2D eigenvalue weighted by Crippen LogP contribution is -2.34. The van der Waals surface area contributed by atoms with Gasteiger partial charge in [0.15, 0.2) is 0 Å². The topological polar surface area (TPSA) is 60.2 Å². The molecule has 1 aliphatic heterocycles. The Labute approximate surface area is 129 Å². The number of carbonyl (C=O) groups is 1. The fourth-order valence-electron chi connectivity index (χ4n) is 2.90. The molecule has 0 radical (unpaired) electrons. The minimum absolute atomic E-state index is 0.00645. The maximum Gasteiger partial charge on any atom is 0.255 e. The van der Waals surface area contributed by atoms with Gasteiger partial charge in [-0.3, -0.25) is 4.79 Å². The van der Waals surface area contributed by atoms with Gasteiger partial charge in [-0.05, 0) is 30.5 Å². The minimum atomic E-state index is 0.00645. The first-order chi connectivity index (χ1) is 10.8. The van der Waals surface area contributed by atoms with E-state index in [0.717, 1.165) is 25.2 Å². The molecular formula is C16H20N4O2. The molecule has 0 spiro atoms. The molecule has 1 atom stereocenters. The third kappa shape index (κ3) is 3.17. The van der Waals surface area contributed by atoms with Gasteiger partial charge in [0.05, 0.1) is 24.5 Å². The van der Waals surface area contributed by atoms with Gasteiger partial charge in [0.2, 0.25) is 0 Å². The van der Waals surface area contributed by atoms with Crippen LogP contribution in [0.1, 0.15) is 22.5 Å². The Kier molecular flexibility index (Phi) is 4.48. The van der Waals surface area contributed by atoms with E-state index in [9.17, 15) is 4.79 Å². The molecule has 0 unspecified atom stereocenters. The van der Waals surface area contributed by atoms with E-state index in [1.807, 2.05) is 11.0 Å². The van der Waals surface area contributed by atoms with Crippen molar-refractivity contribution in [1.29, 1.82) is 0 Å². The fourth-order valence-corrected chi connectivity index (χ4v) is 2.90. The van der Waals surface area contributed by atoms with E-state index in [4.69, 9.17) is 4.74 Å². The third-order valence-corrected chi connectivity index (χ3v) is 4.06. The monoisotopic (exact) mass is 300 g/mol. The van der Waals surface area contributed by atoms with Crippen LogP contribution in [0.2, 0.25) is 0 Å². The average molecular weight is 300 g/mol. The molecule has 1 amide bonds. The Morgan fingerprint density at radius 1 is 1.36 bits per heavy atom. The zero-order valence-electron chi connectivity index (χ0n) is 12.7. The number of hydrogen-bond acceptors (Lipinski definition) is 4. The molecule has 2 aromatic rings. The lowest BCUT2D eigenvalue weighted by Gasteiger charge is -2.24. The second-order valence-electron chi connectivity index (χ2n) is 5.62. The van der Waals surface area contributed by atoms with Crippen LogP contribution in [0.3, 0.4) is 0 Å². The van der Waals surface area contributed by atoms with Crippen LogP contribution in [0.15, 0.2) is 36.8 Å². The van der Waals surface area contributed by atoms with E-state index >= 15 is 0 Å². The summed E-state index contributed by atoms with van der Waals surface area (Å²) < 4.78 is 7.44. The van der Waals surface area contributed by atoms with E-state index in [-0.39, 0.29) is 5.91 Å². The summed E-state index contributed by atoms with van der Waals surface area (Å²) in [6, 6.07) is 5.82. The van der Waals surface area contributed by atoms with E-state index in [2.05, 4.69) is 27.0 Å². The van der Waals surface area contributed by atoms with Crippen molar-refractivity contribution < 1.29 is 9.53 Å². The number of ether oxygens (including phenoxy) is 1. The number of fused-ring (bicyclic) bond motifs is 1. The summed E-state index contributed by atoms with van der Waals surface area (Å²) in [4.78, 5) is 14.6. The van der Waals surface area contributed by atoms with Crippen molar-refractivity contribution in [2.24, 2.45) is 5.92 Å². The van der Waals surface area contributed by atoms with Gasteiger partial charge in [-0.15, -0.1) is 0 Å². The smallest absolute Gasteiger partial charge is 0.255 e. The molecule has 1 aliphatic rings. The van der Waals surface area contributed by atoms with Gasteiger partial charge < -0.3 is 14.2 Å². The van der Waals surface area contributed by atoms with Gasteiger partial charge in [0.25, 0.3) is 5.91 Å². The number of amides is 1. The van der Waals surface area contributed by atoms with Gasteiger partial charge in [-0.2, -0.15) is 10.2 Å². The zero-order chi connectivity index (χ0) is 15.4. The first kappa shape index (κ1) is 14.7. The van der Waals surface area contributed by atoms with Crippen molar-refractivity contribution in [3.05, 3.63) is 48.0 Å². The molecule has 0 saturated heterocycles. The fraction of sp³-hybridized carbons (Fsp3) is 0.438. The van der Waals surface area contributed by atoms with E-state index in [1.54, 1.807) is 19.4 Å². The lowest BCUT2D eigenvalue weighted by atomic mass is 10.1. The Morgan fingerprint density at radius 2 is 2.27 bits per heavy atom. The van der Waals surface area contributed by atoms with Crippen LogP contribution in [-0.2, 0) is 17.8 Å². The second-order valence-corrected chi connectivity index (χ2v) is 5.62. The second kappa shape index (κ2) is 6.70. The number of rotatable bonds is 4. The van der Waals surface area contributed by atoms with Crippen LogP contribution < -0.4 is 0 Å². The Bertz CT molecular complexity index is 626. The first-order valence-electron chi connectivity index (χ1n) is 7.47. The molecule has 0 bridgehead atoms. The standard InChI is InChI=1S/C16H20N4O2/c1-22-8-5-13-10-19-7-2-3-15(19)12-20(11-13)16(21)14-4-6-17-18-9-14/h2-4,6-7,9,13H,5,8,10-12H2,1H3/t13-/m1/s1. The Hall–Kier alpha value is -2.21. The maximum absolute atomic E-state index is 12.7. The molecule has 22 heavy (non-hydrogen) atoms. The van der Waals surface area contributed by atoms with Crippen LogP contribution >= 0.6 is 0 Å². The van der Waals surface area contributed by atoms with Crippen molar-refractivity contribution in [3.63, 3.8) is 0 Å². The zero-order valence-corrected chi connectivity index (χ0v) is 12.7. The molecule has 0 N–H and O–H groups in total. The summed E-state index contributed by atoms with van der Waals surface area (Å²) in [5.74, 6) is 0.388. The number of aromatic nitrogens is 3. The van der Waals surface area contributed by atoms with Crippen molar-refractivity contribution >= 4 is 5.91 Å². The van der Waals surface area contributed by atoms with E-state index in [1.165, 1.54) is 6.20 Å². The van der Waals surface area contributed by atoms with Crippen LogP contribution in [0.25, 0.3) is 0 Å². The highest BCUT2D eigenvalue weighted by molar-refractivity contribution is 5.93. The number of nitrogens with zero attached hydrogens (tertiary/aromatic N) is 4. The third-order valence-electron chi connectivity index (χ3n) is 4.06. The predicted molar refractivity (Wildman–Crippen MR) is 81.2 cm³/mol. The number of carbonyl (C=O) groups excluding carboxylic acids is 1. The molecule has 2 aromatic heterocycles. The summed E-state index contributed by atoms with van der Waals surface area (Å²) in [5.41, 5.74) is 1.75. The quantitative estimate of drug-likeness (QED) is 0.860. The summed E-state index contributed by atoms with van der Waals surface area (Å²) in [6.45, 7) is 2.98. The Balaban J connectivity index is 1.82. The molecule has 3 rings (SSSR count). The van der Waals surface area contributed by atoms with Gasteiger partial charge in [-0.25, -0.2) is 0 Å². The lowest BCUT2D eigenvalue weighted by molar-refractivity contribution is 0.0704. The van der Waals surface area contributed by atoms with E-state index < -0.39 is 0 Å². The number of hydrogen-bond donors (Lipinski definition) is 0. The Morgan fingerprint density at radius 3 is 3.05 bits per heavy atom. The first-order valence-corrected chi connectivity index (χ1v) is 7.47. The highest BCUT2D eigenvalue weighted by Crippen LogP contribution is 2.21. The largest absolute Gasteiger partial charge is 0.385 e. The highest BCUT2D eigenvalue weighted by Gasteiger charge is 2.25. The van der Waals surface area contributed by atoms with Gasteiger partial charge in [0.1, 0.15) is 0 Å². The van der Waals surface area contributed by atoms with Crippen LogP contribution in [0.4, 0.5) is 0 Å². The normalized spacial score (nSPS) is 17.9. The molecule has 0 fully saturated rings. The molecule has 3 heterocycles. The van der Waals surface area contributed by atoms with Crippen molar-refractivity contribution in [1.82, 2.24) is 19.7 Å². The summed E-state index contributed by atoms with van der Waals surface area (Å²) >= 11 is 0. The molecule has 6 heteroatoms. The summed E-state index contributed by atoms with van der Waals surface area (Å²) in [5, 5.41) is 7.54. The predicted octanol–water partition coefficient (Wildman–Crippen LogP) is 1.59. The van der Waals surface area contributed by atoms with Gasteiger partial charge >= 0.3 is 0 Å². The van der Waals surface area contributed by atoms with Crippen molar-refractivity contribution in [2.45, 2.75) is 19.5 Å². The van der Waals surface area contributed by atoms with Crippen LogP contribution in [0.5, 0.6) is 0 Å². The van der Waals surface area contributed by atoms with Crippen molar-refractivity contribution in [2.75, 3.05) is 20.3 Å². The maximum atomic E-state index is 12.7. The molecular weight excluding hydrogens is 280 g/mol. The minimum Gasteiger partial charge on any atom is -0.385 e. The average Bonchev–Trinajstić information content (AvgIpc) is 2.91. The number of methoxy groups -OCH3 is 1. The van der Waals surface area contributed by atoms with Gasteiger partial charge in [0, 0.05) is 38.7 Å². The molecule has 0 aliphatic carbocycles. The summed E-state index contributed by atoms with van der Waals surface area (Å²) in [7, 11) is 1.71. The molecule has 0 aromatic carbocycles. The SMILES string of the molecule is COCC[C@H]1CN(C(=O)c2ccnnc2)Cc2cccn2C1. The summed E-state index contributed by atoms with van der Waals surface area (Å²) in [6.07, 6.45) is 6.09. The van der Waals surface area contributed by atoms with E-state index in [0.29, 0.717) is 24.6 Å². The van der Waals surface area contributed by atoms with Crippen molar-refractivity contribution in [3.8, 4) is 0 Å². The van der Waals surface area contributed by atoms with Crippen LogP contribution in [-0.4, -0.2) is 45.8 Å². The van der Waals surface area contributed by atoms with Gasteiger partial charge in [-0.1, -0.05) is 0 Å². The highest BCUT2D eigenvalue weighted by atomic mass is 16.5. The molecule has 0 saturated carbocycles.